The molecule has 0 spiro atoms. The monoisotopic (exact) mass is 550 g/mol. The Morgan fingerprint density at radius 2 is 1.86 bits per heavy atom. The summed E-state index contributed by atoms with van der Waals surface area (Å²) in [5, 5.41) is 14.9. The molecule has 1 aliphatic carbocycles. The van der Waals surface area contributed by atoms with E-state index >= 15 is 0 Å². The van der Waals surface area contributed by atoms with Gasteiger partial charge >= 0.3 is 18.2 Å². The topological polar surface area (TPSA) is 121 Å². The minimum atomic E-state index is -4.64. The van der Waals surface area contributed by atoms with Crippen LogP contribution in [0.25, 0.3) is 0 Å². The van der Waals surface area contributed by atoms with Gasteiger partial charge < -0.3 is 10.4 Å². The highest BCUT2D eigenvalue weighted by molar-refractivity contribution is 8.01. The molecule has 0 atom stereocenters. The predicted molar refractivity (Wildman–Crippen MR) is 132 cm³/mol. The molecule has 0 radical (unpaired) electrons. The molecule has 1 fully saturated rings. The van der Waals surface area contributed by atoms with Crippen molar-refractivity contribution in [3.05, 3.63) is 59.4 Å². The molecule has 8 nitrogen and oxygen atoms in total. The SMILES string of the molecule is O=C(O)Cc1nc(NC(=O)Nc2ccc(C(F)(F)F)cc2C(=O)C2CCCC2)sc1Sc1ccccn1. The molecule has 13 heteroatoms. The Kier molecular flexibility index (Phi) is 8.13. The number of nitrogens with one attached hydrogen (secondary N) is 2. The summed E-state index contributed by atoms with van der Waals surface area (Å²) in [4.78, 5) is 45.4. The molecule has 2 heterocycles. The number of nitrogens with zero attached hydrogens (tertiary/aromatic N) is 2. The van der Waals surface area contributed by atoms with Crippen LogP contribution in [-0.2, 0) is 17.4 Å². The van der Waals surface area contributed by atoms with Crippen LogP contribution in [-0.4, -0.2) is 32.9 Å². The number of amides is 2. The smallest absolute Gasteiger partial charge is 0.416 e. The number of hydrogen-bond acceptors (Lipinski definition) is 7. The third kappa shape index (κ3) is 6.86. The van der Waals surface area contributed by atoms with Crippen LogP contribution in [0.5, 0.6) is 0 Å². The van der Waals surface area contributed by atoms with Gasteiger partial charge in [-0.2, -0.15) is 13.2 Å². The van der Waals surface area contributed by atoms with Crippen LogP contribution in [0.1, 0.15) is 47.3 Å². The zero-order chi connectivity index (χ0) is 26.6. The number of thiazole rings is 1. The van der Waals surface area contributed by atoms with Gasteiger partial charge in [0.2, 0.25) is 0 Å². The number of Topliss-reactive ketones (excluding diaryl/α,β-unsaturated/α-hetero) is 1. The summed E-state index contributed by atoms with van der Waals surface area (Å²) in [6.45, 7) is 0. The van der Waals surface area contributed by atoms with Gasteiger partial charge in [-0.15, -0.1) is 0 Å². The van der Waals surface area contributed by atoms with E-state index in [1.807, 2.05) is 0 Å². The maximum Gasteiger partial charge on any atom is 0.416 e. The number of carbonyl (C=O) groups is 3. The van der Waals surface area contributed by atoms with E-state index in [0.717, 1.165) is 42.4 Å². The lowest BCUT2D eigenvalue weighted by molar-refractivity contribution is -0.138. The number of ketones is 1. The number of carboxylic acids is 1. The van der Waals surface area contributed by atoms with Crippen molar-refractivity contribution < 1.29 is 32.7 Å². The third-order valence-electron chi connectivity index (χ3n) is 5.62. The Labute approximate surface area is 217 Å². The van der Waals surface area contributed by atoms with Crippen molar-refractivity contribution in [2.75, 3.05) is 10.6 Å². The average molecular weight is 551 g/mol. The largest absolute Gasteiger partial charge is 0.481 e. The molecule has 1 aliphatic rings. The number of anilines is 2. The quantitative estimate of drug-likeness (QED) is 0.279. The zero-order valence-corrected chi connectivity index (χ0v) is 20.8. The lowest BCUT2D eigenvalue weighted by Crippen LogP contribution is -2.23. The first-order chi connectivity index (χ1) is 17.6. The van der Waals surface area contributed by atoms with Crippen LogP contribution in [0.15, 0.2) is 51.8 Å². The van der Waals surface area contributed by atoms with E-state index in [1.165, 1.54) is 11.8 Å². The summed E-state index contributed by atoms with van der Waals surface area (Å²) in [6.07, 6.45) is -0.629. The van der Waals surface area contributed by atoms with E-state index in [-0.39, 0.29) is 28.5 Å². The molecule has 1 aromatic carbocycles. The van der Waals surface area contributed by atoms with Crippen LogP contribution < -0.4 is 10.6 Å². The van der Waals surface area contributed by atoms with Gasteiger partial charge in [0, 0.05) is 17.7 Å². The van der Waals surface area contributed by atoms with Crippen LogP contribution in [0.3, 0.4) is 0 Å². The molecule has 0 saturated heterocycles. The van der Waals surface area contributed by atoms with Crippen LogP contribution in [0.2, 0.25) is 0 Å². The fraction of sp³-hybridized carbons (Fsp3) is 0.292. The summed E-state index contributed by atoms with van der Waals surface area (Å²) in [7, 11) is 0. The highest BCUT2D eigenvalue weighted by Crippen LogP contribution is 2.38. The van der Waals surface area contributed by atoms with Crippen molar-refractivity contribution in [1.82, 2.24) is 9.97 Å². The number of rotatable bonds is 8. The zero-order valence-electron chi connectivity index (χ0n) is 19.2. The van der Waals surface area contributed by atoms with E-state index < -0.39 is 35.4 Å². The predicted octanol–water partition coefficient (Wildman–Crippen LogP) is 6.35. The first kappa shape index (κ1) is 26.6. The summed E-state index contributed by atoms with van der Waals surface area (Å²) in [6, 6.07) is 7.05. The standard InChI is InChI=1S/C24H21F3N4O4S2/c25-24(26,27)14-8-9-16(15(11-14)20(34)13-5-1-2-6-13)29-22(35)31-23-30-17(12-19(32)33)21(37-23)36-18-7-3-4-10-28-18/h3-4,7-11,13H,1-2,5-6,12H2,(H,32,33)(H2,29,30,31,35). The molecule has 2 amide bonds. The number of carbonyl (C=O) groups excluding carboxylic acids is 2. The van der Waals surface area contributed by atoms with Crippen molar-refractivity contribution in [3.8, 4) is 0 Å². The van der Waals surface area contributed by atoms with Crippen molar-refractivity contribution in [2.45, 2.75) is 47.5 Å². The van der Waals surface area contributed by atoms with Gasteiger partial charge in [-0.25, -0.2) is 14.8 Å². The molecule has 194 valence electrons. The average Bonchev–Trinajstić information content (AvgIpc) is 3.49. The lowest BCUT2D eigenvalue weighted by Gasteiger charge is -2.16. The minimum absolute atomic E-state index is 0.0483. The first-order valence-corrected chi connectivity index (χ1v) is 12.9. The number of aliphatic carboxylic acids is 1. The number of alkyl halides is 3. The summed E-state index contributed by atoms with van der Waals surface area (Å²) >= 11 is 2.22. The lowest BCUT2D eigenvalue weighted by atomic mass is 9.93. The Balaban J connectivity index is 1.55. The highest BCUT2D eigenvalue weighted by Gasteiger charge is 2.33. The fourth-order valence-electron chi connectivity index (χ4n) is 3.92. The molecule has 3 aromatic rings. The molecule has 2 aromatic heterocycles. The van der Waals surface area contributed by atoms with Gasteiger partial charge in [0.25, 0.3) is 0 Å². The van der Waals surface area contributed by atoms with Crippen LogP contribution in [0, 0.1) is 5.92 Å². The van der Waals surface area contributed by atoms with E-state index in [2.05, 4.69) is 20.6 Å². The number of carboxylic acid groups (broad SMARTS) is 1. The Hall–Kier alpha value is -3.45. The van der Waals surface area contributed by atoms with Crippen LogP contribution in [0.4, 0.5) is 28.8 Å². The Morgan fingerprint density at radius 3 is 2.51 bits per heavy atom. The second-order valence-corrected chi connectivity index (χ2v) is 10.6. The number of hydrogen-bond donors (Lipinski definition) is 3. The molecule has 3 N–H and O–H groups in total. The van der Waals surface area contributed by atoms with Crippen molar-refractivity contribution in [3.63, 3.8) is 0 Å². The molecular formula is C24H21F3N4O4S2. The van der Waals surface area contributed by atoms with E-state index in [9.17, 15) is 32.7 Å². The summed E-state index contributed by atoms with van der Waals surface area (Å²) in [5.41, 5.74) is -0.994. The summed E-state index contributed by atoms with van der Waals surface area (Å²) < 4.78 is 40.4. The third-order valence-corrected chi connectivity index (χ3v) is 7.80. The normalized spacial score (nSPS) is 13.9. The van der Waals surface area contributed by atoms with Gasteiger partial charge in [-0.1, -0.05) is 42.0 Å². The maximum absolute atomic E-state index is 13.3. The molecular weight excluding hydrogens is 529 g/mol. The Morgan fingerprint density at radius 1 is 1.11 bits per heavy atom. The number of urea groups is 1. The first-order valence-electron chi connectivity index (χ1n) is 11.2. The van der Waals surface area contributed by atoms with E-state index in [1.54, 1.807) is 24.4 Å². The van der Waals surface area contributed by atoms with Gasteiger partial charge in [0.1, 0.15) is 5.03 Å². The van der Waals surface area contributed by atoms with Gasteiger partial charge in [-0.05, 0) is 43.2 Å². The molecule has 4 rings (SSSR count). The molecule has 0 aliphatic heterocycles. The minimum Gasteiger partial charge on any atom is -0.481 e. The number of halogens is 3. The van der Waals surface area contributed by atoms with Gasteiger partial charge in [-0.3, -0.25) is 14.9 Å². The second-order valence-electron chi connectivity index (χ2n) is 8.28. The number of aromatic nitrogens is 2. The summed E-state index contributed by atoms with van der Waals surface area (Å²) in [5.74, 6) is -1.94. The van der Waals surface area contributed by atoms with Crippen molar-refractivity contribution in [2.24, 2.45) is 5.92 Å². The van der Waals surface area contributed by atoms with E-state index in [4.69, 9.17) is 0 Å². The van der Waals surface area contributed by atoms with Crippen molar-refractivity contribution >= 4 is 51.7 Å². The molecule has 0 bridgehead atoms. The van der Waals surface area contributed by atoms with Gasteiger partial charge in [0.05, 0.1) is 27.6 Å². The second kappa shape index (κ2) is 11.3. The van der Waals surface area contributed by atoms with E-state index in [0.29, 0.717) is 22.1 Å². The molecule has 37 heavy (non-hydrogen) atoms. The highest BCUT2D eigenvalue weighted by atomic mass is 32.2. The van der Waals surface area contributed by atoms with Gasteiger partial charge in [0.15, 0.2) is 10.9 Å². The molecule has 0 unspecified atom stereocenters. The number of benzene rings is 1. The van der Waals surface area contributed by atoms with Crippen LogP contribution >= 0.6 is 23.1 Å². The van der Waals surface area contributed by atoms with Crippen molar-refractivity contribution in [1.29, 1.82) is 0 Å². The molecule has 1 saturated carbocycles. The maximum atomic E-state index is 13.3. The fourth-order valence-corrected chi connectivity index (χ4v) is 5.98. The Bertz CT molecular complexity index is 1310. The number of pyridine rings is 1.